The van der Waals surface area contributed by atoms with Gasteiger partial charge in [-0.1, -0.05) is 18.7 Å². The largest absolute Gasteiger partial charge is 0.414 e. The number of nitrogens with zero attached hydrogens (tertiary/aromatic N) is 3. The van der Waals surface area contributed by atoms with Crippen LogP contribution in [0.3, 0.4) is 0 Å². The molecule has 1 aliphatic rings. The first kappa shape index (κ1) is 16.8. The number of imide groups is 1. The first-order valence-corrected chi connectivity index (χ1v) is 8.21. The predicted octanol–water partition coefficient (Wildman–Crippen LogP) is 1.16. The van der Waals surface area contributed by atoms with Crippen LogP contribution in [-0.4, -0.2) is 52.9 Å². The molecule has 0 aliphatic heterocycles. The van der Waals surface area contributed by atoms with Crippen molar-refractivity contribution in [1.29, 1.82) is 0 Å². The molecule has 0 radical (unpaired) electrons. The molecule has 1 atom stereocenters. The highest BCUT2D eigenvalue weighted by atomic mass is 32.2. The maximum atomic E-state index is 11.6. The summed E-state index contributed by atoms with van der Waals surface area (Å²) < 4.78 is 5.55. The average Bonchev–Trinajstić information content (AvgIpc) is 3.13. The molecule has 122 valence electrons. The van der Waals surface area contributed by atoms with Crippen LogP contribution in [0, 0.1) is 0 Å². The van der Waals surface area contributed by atoms with Crippen molar-refractivity contribution in [1.82, 2.24) is 25.7 Å². The summed E-state index contributed by atoms with van der Waals surface area (Å²) in [5.74, 6) is 0.197. The lowest BCUT2D eigenvalue weighted by Crippen LogP contribution is -2.41. The van der Waals surface area contributed by atoms with Crippen LogP contribution in [0.2, 0.25) is 0 Å². The van der Waals surface area contributed by atoms with Gasteiger partial charge in [-0.15, -0.1) is 10.2 Å². The van der Waals surface area contributed by atoms with Crippen LogP contribution in [0.1, 0.15) is 38.1 Å². The average molecular weight is 327 g/mol. The van der Waals surface area contributed by atoms with Gasteiger partial charge in [0.15, 0.2) is 0 Å². The van der Waals surface area contributed by atoms with Gasteiger partial charge in [0, 0.05) is 6.04 Å². The zero-order valence-electron chi connectivity index (χ0n) is 13.0. The highest BCUT2D eigenvalue weighted by Gasteiger charge is 2.24. The number of carbonyl (C=O) groups excluding carboxylic acids is 2. The molecular formula is C13H21N5O3S. The van der Waals surface area contributed by atoms with E-state index in [0.717, 1.165) is 31.0 Å². The zero-order valence-corrected chi connectivity index (χ0v) is 13.8. The Morgan fingerprint density at radius 1 is 1.41 bits per heavy atom. The first-order chi connectivity index (χ1) is 10.5. The van der Waals surface area contributed by atoms with Crippen molar-refractivity contribution >= 4 is 23.7 Å². The molecule has 1 aromatic heterocycles. The van der Waals surface area contributed by atoms with E-state index in [9.17, 15) is 9.59 Å². The second kappa shape index (κ2) is 7.59. The summed E-state index contributed by atoms with van der Waals surface area (Å²) in [7, 11) is 3.88. The molecule has 22 heavy (non-hydrogen) atoms. The van der Waals surface area contributed by atoms with Gasteiger partial charge in [-0.25, -0.2) is 4.79 Å². The van der Waals surface area contributed by atoms with Crippen LogP contribution in [0.4, 0.5) is 4.79 Å². The minimum atomic E-state index is -0.446. The van der Waals surface area contributed by atoms with E-state index in [1.165, 1.54) is 0 Å². The van der Waals surface area contributed by atoms with Gasteiger partial charge in [0.05, 0.1) is 11.8 Å². The van der Waals surface area contributed by atoms with E-state index in [0.29, 0.717) is 11.1 Å². The molecule has 1 aromatic rings. The number of aromatic nitrogens is 2. The lowest BCUT2D eigenvalue weighted by molar-refractivity contribution is -0.117. The molecule has 2 rings (SSSR count). The van der Waals surface area contributed by atoms with Gasteiger partial charge in [-0.3, -0.25) is 15.0 Å². The van der Waals surface area contributed by atoms with E-state index in [1.54, 1.807) is 0 Å². The Morgan fingerprint density at radius 3 is 2.73 bits per heavy atom. The summed E-state index contributed by atoms with van der Waals surface area (Å²) in [6, 6.07) is -0.172. The maximum Gasteiger partial charge on any atom is 0.321 e. The zero-order chi connectivity index (χ0) is 16.1. The normalized spacial score (nSPS) is 15.6. The van der Waals surface area contributed by atoms with Gasteiger partial charge < -0.3 is 9.73 Å². The van der Waals surface area contributed by atoms with Gasteiger partial charge in [0.2, 0.25) is 11.8 Å². The van der Waals surface area contributed by atoms with E-state index in [1.807, 2.05) is 25.9 Å². The Balaban J connectivity index is 1.77. The van der Waals surface area contributed by atoms with E-state index < -0.39 is 6.03 Å². The summed E-state index contributed by atoms with van der Waals surface area (Å²) in [5.41, 5.74) is 0. The fourth-order valence-electron chi connectivity index (χ4n) is 1.91. The Labute approximate surface area is 133 Å². The number of urea groups is 1. The standard InChI is InChI=1S/C13H21N5O3S/c1-4-9(18(2)3)11-16-17-13(21-11)22-7-10(19)15-12(20)14-8-5-6-8/h8-9H,4-7H2,1-3H3,(H2,14,15,19,20)/t9-/m0/s1. The smallest absolute Gasteiger partial charge is 0.321 e. The molecule has 2 N–H and O–H groups in total. The fourth-order valence-corrected chi connectivity index (χ4v) is 2.48. The maximum absolute atomic E-state index is 11.6. The molecule has 1 fully saturated rings. The third-order valence-corrected chi connectivity index (χ3v) is 4.03. The molecule has 0 unspecified atom stereocenters. The first-order valence-electron chi connectivity index (χ1n) is 7.22. The van der Waals surface area contributed by atoms with Crippen molar-refractivity contribution in [2.24, 2.45) is 0 Å². The Morgan fingerprint density at radius 2 is 2.14 bits per heavy atom. The Hall–Kier alpha value is -1.61. The van der Waals surface area contributed by atoms with Crippen LogP contribution < -0.4 is 10.6 Å². The Bertz CT molecular complexity index is 530. The lowest BCUT2D eigenvalue weighted by Gasteiger charge is -2.18. The monoisotopic (exact) mass is 327 g/mol. The minimum Gasteiger partial charge on any atom is -0.414 e. The number of rotatable bonds is 7. The highest BCUT2D eigenvalue weighted by molar-refractivity contribution is 7.99. The van der Waals surface area contributed by atoms with Crippen LogP contribution in [0.5, 0.6) is 0 Å². The van der Waals surface area contributed by atoms with E-state index in [4.69, 9.17) is 4.42 Å². The third kappa shape index (κ3) is 4.99. The molecule has 0 aromatic carbocycles. The second-order valence-electron chi connectivity index (χ2n) is 5.38. The predicted molar refractivity (Wildman–Crippen MR) is 81.4 cm³/mol. The molecule has 9 heteroatoms. The van der Waals surface area contributed by atoms with Crippen LogP contribution in [-0.2, 0) is 4.79 Å². The van der Waals surface area contributed by atoms with Crippen molar-refractivity contribution in [3.63, 3.8) is 0 Å². The second-order valence-corrected chi connectivity index (χ2v) is 6.31. The number of nitrogens with one attached hydrogen (secondary N) is 2. The molecular weight excluding hydrogens is 306 g/mol. The summed E-state index contributed by atoms with van der Waals surface area (Å²) >= 11 is 1.11. The molecule has 1 heterocycles. The van der Waals surface area contributed by atoms with E-state index in [2.05, 4.69) is 20.8 Å². The summed E-state index contributed by atoms with van der Waals surface area (Å²) in [4.78, 5) is 25.1. The van der Waals surface area contributed by atoms with Gasteiger partial charge in [-0.2, -0.15) is 0 Å². The molecule has 1 aliphatic carbocycles. The summed E-state index contributed by atoms with van der Waals surface area (Å²) in [6.45, 7) is 2.04. The molecule has 0 saturated heterocycles. The summed E-state index contributed by atoms with van der Waals surface area (Å²) in [5, 5.41) is 13.2. The molecule has 0 bridgehead atoms. The van der Waals surface area contributed by atoms with Gasteiger partial charge in [0.25, 0.3) is 5.22 Å². The van der Waals surface area contributed by atoms with Crippen molar-refractivity contribution in [3.05, 3.63) is 5.89 Å². The Kier molecular flexibility index (Phi) is 5.78. The summed E-state index contributed by atoms with van der Waals surface area (Å²) in [6.07, 6.45) is 2.80. The number of thioether (sulfide) groups is 1. The third-order valence-electron chi connectivity index (χ3n) is 3.21. The van der Waals surface area contributed by atoms with Crippen molar-refractivity contribution < 1.29 is 14.0 Å². The number of hydrogen-bond donors (Lipinski definition) is 2. The highest BCUT2D eigenvalue weighted by Crippen LogP contribution is 2.24. The number of hydrogen-bond acceptors (Lipinski definition) is 7. The van der Waals surface area contributed by atoms with Gasteiger partial charge in [0.1, 0.15) is 0 Å². The van der Waals surface area contributed by atoms with Crippen LogP contribution in [0.15, 0.2) is 9.64 Å². The minimum absolute atomic E-state index is 0.0540. The topological polar surface area (TPSA) is 100 Å². The van der Waals surface area contributed by atoms with E-state index >= 15 is 0 Å². The number of amides is 3. The molecule has 3 amide bonds. The van der Waals surface area contributed by atoms with Gasteiger partial charge in [-0.05, 0) is 33.4 Å². The molecule has 1 saturated carbocycles. The van der Waals surface area contributed by atoms with Crippen LogP contribution >= 0.6 is 11.8 Å². The van der Waals surface area contributed by atoms with Gasteiger partial charge >= 0.3 is 6.03 Å². The molecule has 8 nitrogen and oxygen atoms in total. The SMILES string of the molecule is CC[C@@H](c1nnc(SCC(=O)NC(=O)NC2CC2)o1)N(C)C. The lowest BCUT2D eigenvalue weighted by atomic mass is 10.2. The van der Waals surface area contributed by atoms with E-state index in [-0.39, 0.29) is 23.7 Å². The van der Waals surface area contributed by atoms with Crippen molar-refractivity contribution in [2.45, 2.75) is 43.5 Å². The number of carbonyl (C=O) groups is 2. The van der Waals surface area contributed by atoms with Crippen LogP contribution in [0.25, 0.3) is 0 Å². The van der Waals surface area contributed by atoms with Crippen molar-refractivity contribution in [2.75, 3.05) is 19.8 Å². The molecule has 0 spiro atoms. The van der Waals surface area contributed by atoms with Crippen molar-refractivity contribution in [3.8, 4) is 0 Å². The fraction of sp³-hybridized carbons (Fsp3) is 0.692. The quantitative estimate of drug-likeness (QED) is 0.725.